The van der Waals surface area contributed by atoms with Crippen LogP contribution in [-0.4, -0.2) is 0 Å². The summed E-state index contributed by atoms with van der Waals surface area (Å²) in [6, 6.07) is 61.0. The minimum atomic E-state index is -0.800. The standard InChI is InChI=1S/C47H50P2/c1-7-47(8-2,45(39-15-11-9-12-16-39)48(41-27-19-35(3)20-28-41)42-29-21-36(4)22-30-42)46(40-17-13-10-14-18-40)49(43-31-23-37(5)24-32-43)44-33-25-38(6)26-34-44/h9-34,45-46H,7-8H2,1-6H3. The minimum absolute atomic E-state index is 0.0777. The molecule has 0 bridgehead atoms. The largest absolute Gasteiger partial charge is 0.0648 e. The molecular weight excluding hydrogens is 626 g/mol. The van der Waals surface area contributed by atoms with Crippen LogP contribution < -0.4 is 21.2 Å². The Labute approximate surface area is 298 Å². The molecule has 0 aliphatic rings. The molecule has 0 saturated heterocycles. The summed E-state index contributed by atoms with van der Waals surface area (Å²) in [5.74, 6) is 0. The molecule has 2 atom stereocenters. The van der Waals surface area contributed by atoms with E-state index in [2.05, 4.69) is 199 Å². The molecule has 0 saturated carbocycles. The minimum Gasteiger partial charge on any atom is -0.0648 e. The summed E-state index contributed by atoms with van der Waals surface area (Å²) in [6.45, 7) is 13.8. The van der Waals surface area contributed by atoms with Gasteiger partial charge in [-0.1, -0.05) is 194 Å². The Morgan fingerprint density at radius 1 is 0.367 bits per heavy atom. The van der Waals surface area contributed by atoms with Gasteiger partial charge in [0.2, 0.25) is 0 Å². The van der Waals surface area contributed by atoms with Crippen LogP contribution in [0.4, 0.5) is 0 Å². The number of hydrogen-bond acceptors (Lipinski definition) is 0. The van der Waals surface area contributed by atoms with Gasteiger partial charge in [-0.25, -0.2) is 0 Å². The predicted octanol–water partition coefficient (Wildman–Crippen LogP) is 11.8. The van der Waals surface area contributed by atoms with Gasteiger partial charge in [-0.3, -0.25) is 0 Å². The molecule has 0 aliphatic heterocycles. The normalized spacial score (nSPS) is 13.1. The maximum Gasteiger partial charge on any atom is 0.0188 e. The van der Waals surface area contributed by atoms with E-state index < -0.39 is 15.8 Å². The second kappa shape index (κ2) is 15.8. The van der Waals surface area contributed by atoms with Crippen molar-refractivity contribution in [3.05, 3.63) is 191 Å². The van der Waals surface area contributed by atoms with Crippen LogP contribution in [0.2, 0.25) is 0 Å². The van der Waals surface area contributed by atoms with Crippen LogP contribution in [0.1, 0.15) is 71.4 Å². The molecule has 2 unspecified atom stereocenters. The second-order valence-corrected chi connectivity index (χ2v) is 18.2. The summed E-state index contributed by atoms with van der Waals surface area (Å²) in [5.41, 5.74) is 8.59. The lowest BCUT2D eigenvalue weighted by atomic mass is 9.71. The molecule has 0 amide bonds. The quantitative estimate of drug-likeness (QED) is 0.113. The maximum absolute atomic E-state index is 2.48. The van der Waals surface area contributed by atoms with Crippen LogP contribution in [0, 0.1) is 33.1 Å². The average Bonchev–Trinajstić information content (AvgIpc) is 3.14. The van der Waals surface area contributed by atoms with Crippen LogP contribution >= 0.6 is 15.8 Å². The van der Waals surface area contributed by atoms with Gasteiger partial charge < -0.3 is 0 Å². The van der Waals surface area contributed by atoms with E-state index in [9.17, 15) is 0 Å². The van der Waals surface area contributed by atoms with Crippen molar-refractivity contribution in [3.63, 3.8) is 0 Å². The molecule has 0 aromatic heterocycles. The smallest absolute Gasteiger partial charge is 0.0188 e. The summed E-state index contributed by atoms with van der Waals surface area (Å²) in [4.78, 5) is 0. The molecule has 0 spiro atoms. The molecular formula is C47H50P2. The fourth-order valence-corrected chi connectivity index (χ4v) is 14.4. The zero-order valence-corrected chi connectivity index (χ0v) is 31.8. The van der Waals surface area contributed by atoms with Crippen LogP contribution in [-0.2, 0) is 0 Å². The Morgan fingerprint density at radius 2 is 0.612 bits per heavy atom. The topological polar surface area (TPSA) is 0 Å². The summed E-state index contributed by atoms with van der Waals surface area (Å²) < 4.78 is 0. The van der Waals surface area contributed by atoms with Gasteiger partial charge in [-0.05, 0) is 94.1 Å². The molecule has 248 valence electrons. The summed E-state index contributed by atoms with van der Waals surface area (Å²) in [5, 5.41) is 5.80. The number of hydrogen-bond donors (Lipinski definition) is 0. The Morgan fingerprint density at radius 3 is 0.837 bits per heavy atom. The lowest BCUT2D eigenvalue weighted by Crippen LogP contribution is -2.39. The molecule has 6 aromatic rings. The van der Waals surface area contributed by atoms with E-state index >= 15 is 0 Å². The van der Waals surface area contributed by atoms with Crippen molar-refractivity contribution >= 4 is 37.1 Å². The molecule has 0 heterocycles. The molecule has 0 aliphatic carbocycles. The van der Waals surface area contributed by atoms with Crippen molar-refractivity contribution in [2.75, 3.05) is 0 Å². The van der Waals surface area contributed by atoms with Crippen molar-refractivity contribution in [2.45, 2.75) is 65.7 Å². The molecule has 0 fully saturated rings. The van der Waals surface area contributed by atoms with Gasteiger partial charge >= 0.3 is 0 Å². The van der Waals surface area contributed by atoms with Crippen molar-refractivity contribution in [1.29, 1.82) is 0 Å². The first kappa shape index (κ1) is 35.0. The van der Waals surface area contributed by atoms with Gasteiger partial charge in [0, 0.05) is 11.3 Å². The van der Waals surface area contributed by atoms with Gasteiger partial charge in [0.1, 0.15) is 0 Å². The first-order valence-corrected chi connectivity index (χ1v) is 20.6. The Bertz CT molecular complexity index is 1660. The monoisotopic (exact) mass is 676 g/mol. The lowest BCUT2D eigenvalue weighted by Gasteiger charge is -2.52. The van der Waals surface area contributed by atoms with Crippen molar-refractivity contribution in [3.8, 4) is 0 Å². The van der Waals surface area contributed by atoms with Gasteiger partial charge in [-0.15, -0.1) is 0 Å². The summed E-state index contributed by atoms with van der Waals surface area (Å²) in [6.07, 6.45) is 2.13. The van der Waals surface area contributed by atoms with Crippen molar-refractivity contribution < 1.29 is 0 Å². The number of aryl methyl sites for hydroxylation is 4. The second-order valence-electron chi connectivity index (χ2n) is 13.6. The third kappa shape index (κ3) is 7.53. The third-order valence-electron chi connectivity index (χ3n) is 10.4. The molecule has 6 rings (SSSR count). The first-order valence-electron chi connectivity index (χ1n) is 17.8. The van der Waals surface area contributed by atoms with E-state index in [0.29, 0.717) is 0 Å². The highest BCUT2D eigenvalue weighted by molar-refractivity contribution is 7.74. The van der Waals surface area contributed by atoms with Gasteiger partial charge in [-0.2, -0.15) is 0 Å². The van der Waals surface area contributed by atoms with Crippen molar-refractivity contribution in [2.24, 2.45) is 5.41 Å². The average molecular weight is 677 g/mol. The van der Waals surface area contributed by atoms with E-state index in [-0.39, 0.29) is 16.7 Å². The molecule has 49 heavy (non-hydrogen) atoms. The zero-order valence-electron chi connectivity index (χ0n) is 30.0. The fourth-order valence-electron chi connectivity index (χ4n) is 7.64. The molecule has 0 radical (unpaired) electrons. The van der Waals surface area contributed by atoms with Gasteiger partial charge in [0.25, 0.3) is 0 Å². The van der Waals surface area contributed by atoms with E-state index in [0.717, 1.165) is 12.8 Å². The van der Waals surface area contributed by atoms with Crippen molar-refractivity contribution in [1.82, 2.24) is 0 Å². The summed E-state index contributed by atoms with van der Waals surface area (Å²) in [7, 11) is -1.60. The van der Waals surface area contributed by atoms with Crippen LogP contribution in [0.3, 0.4) is 0 Å². The van der Waals surface area contributed by atoms with E-state index in [1.807, 2.05) is 0 Å². The third-order valence-corrected chi connectivity index (χ3v) is 16.5. The van der Waals surface area contributed by atoms with E-state index in [1.54, 1.807) is 0 Å². The first-order chi connectivity index (χ1) is 23.8. The molecule has 2 heteroatoms. The van der Waals surface area contributed by atoms with Crippen LogP contribution in [0.5, 0.6) is 0 Å². The van der Waals surface area contributed by atoms with E-state index in [4.69, 9.17) is 0 Å². The highest BCUT2D eigenvalue weighted by atomic mass is 31.1. The highest BCUT2D eigenvalue weighted by Gasteiger charge is 2.51. The fraction of sp³-hybridized carbons (Fsp3) is 0.234. The van der Waals surface area contributed by atoms with Gasteiger partial charge in [0.15, 0.2) is 0 Å². The molecule has 0 N–H and O–H groups in total. The Hall–Kier alpha value is -3.82. The van der Waals surface area contributed by atoms with Gasteiger partial charge in [0.05, 0.1) is 0 Å². The maximum atomic E-state index is 2.48. The highest BCUT2D eigenvalue weighted by Crippen LogP contribution is 2.71. The molecule has 0 nitrogen and oxygen atoms in total. The predicted molar refractivity (Wildman–Crippen MR) is 218 cm³/mol. The Balaban J connectivity index is 1.71. The lowest BCUT2D eigenvalue weighted by molar-refractivity contribution is 0.240. The Kier molecular flexibility index (Phi) is 11.3. The number of benzene rings is 6. The van der Waals surface area contributed by atoms with Crippen LogP contribution in [0.25, 0.3) is 0 Å². The molecule has 6 aromatic carbocycles. The zero-order chi connectivity index (χ0) is 34.4. The van der Waals surface area contributed by atoms with Crippen LogP contribution in [0.15, 0.2) is 158 Å². The van der Waals surface area contributed by atoms with E-state index in [1.165, 1.54) is 54.6 Å². The SMILES string of the molecule is CCC(CC)(C(c1ccccc1)P(c1ccc(C)cc1)c1ccc(C)cc1)C(c1ccccc1)P(c1ccc(C)cc1)c1ccc(C)cc1. The summed E-state index contributed by atoms with van der Waals surface area (Å²) >= 11 is 0. The number of rotatable bonds is 12.